The molecular weight excluding hydrogens is 258 g/mol. The Morgan fingerprint density at radius 1 is 1.42 bits per heavy atom. The highest BCUT2D eigenvalue weighted by atomic mass is 32.1. The molecule has 0 unspecified atom stereocenters. The van der Waals surface area contributed by atoms with Gasteiger partial charge in [0.25, 0.3) is 0 Å². The van der Waals surface area contributed by atoms with Gasteiger partial charge in [0, 0.05) is 28.4 Å². The van der Waals surface area contributed by atoms with Crippen molar-refractivity contribution in [3.8, 4) is 0 Å². The molecule has 0 aliphatic carbocycles. The van der Waals surface area contributed by atoms with Crippen LogP contribution >= 0.6 is 11.3 Å². The zero-order chi connectivity index (χ0) is 14.3. The van der Waals surface area contributed by atoms with Crippen molar-refractivity contribution in [1.82, 2.24) is 4.90 Å². The number of hydrogen-bond acceptors (Lipinski definition) is 3. The second-order valence-corrected chi connectivity index (χ2v) is 5.83. The van der Waals surface area contributed by atoms with Crippen LogP contribution in [0.25, 0.3) is 6.08 Å². The van der Waals surface area contributed by atoms with Gasteiger partial charge in [-0.05, 0) is 38.0 Å². The topological polar surface area (TPSA) is 40.5 Å². The van der Waals surface area contributed by atoms with E-state index in [-0.39, 0.29) is 18.6 Å². The minimum absolute atomic E-state index is 0.00813. The Kier molecular flexibility index (Phi) is 6.81. The summed E-state index contributed by atoms with van der Waals surface area (Å²) in [6, 6.07) is 4.26. The molecule has 1 aromatic rings. The van der Waals surface area contributed by atoms with E-state index in [1.165, 1.54) is 4.88 Å². The summed E-state index contributed by atoms with van der Waals surface area (Å²) in [5, 5.41) is 9.10. The van der Waals surface area contributed by atoms with Crippen LogP contribution in [0.1, 0.15) is 36.4 Å². The average molecular weight is 281 g/mol. The molecule has 3 nitrogen and oxygen atoms in total. The first-order chi connectivity index (χ1) is 9.12. The van der Waals surface area contributed by atoms with Crippen LogP contribution in [0, 0.1) is 6.92 Å². The van der Waals surface area contributed by atoms with Crippen molar-refractivity contribution in [2.45, 2.75) is 39.7 Å². The molecule has 4 heteroatoms. The Bertz CT molecular complexity index is 422. The molecule has 0 aliphatic rings. The zero-order valence-electron chi connectivity index (χ0n) is 11.9. The molecule has 0 bridgehead atoms. The Morgan fingerprint density at radius 2 is 2.11 bits per heavy atom. The second kappa shape index (κ2) is 8.12. The number of aliphatic hydroxyl groups excluding tert-OH is 1. The van der Waals surface area contributed by atoms with Crippen molar-refractivity contribution >= 4 is 23.3 Å². The van der Waals surface area contributed by atoms with Gasteiger partial charge in [-0.1, -0.05) is 13.8 Å². The summed E-state index contributed by atoms with van der Waals surface area (Å²) < 4.78 is 0. The largest absolute Gasteiger partial charge is 0.395 e. The van der Waals surface area contributed by atoms with Crippen LogP contribution in [0.2, 0.25) is 0 Å². The third kappa shape index (κ3) is 4.80. The fraction of sp³-hybridized carbons (Fsp3) is 0.533. The molecule has 1 amide bonds. The molecule has 0 fully saturated rings. The van der Waals surface area contributed by atoms with E-state index in [4.69, 9.17) is 5.11 Å². The Hall–Kier alpha value is -1.13. The van der Waals surface area contributed by atoms with Gasteiger partial charge < -0.3 is 10.0 Å². The Morgan fingerprint density at radius 3 is 2.58 bits per heavy atom. The van der Waals surface area contributed by atoms with E-state index < -0.39 is 0 Å². The van der Waals surface area contributed by atoms with E-state index in [1.807, 2.05) is 25.1 Å². The van der Waals surface area contributed by atoms with Gasteiger partial charge in [-0.3, -0.25) is 4.79 Å². The van der Waals surface area contributed by atoms with Crippen molar-refractivity contribution in [3.63, 3.8) is 0 Å². The third-order valence-electron chi connectivity index (χ3n) is 3.16. The molecule has 0 atom stereocenters. The SMILES string of the molecule is CCC(CC)N(CCO)C(=O)/C=C/c1ccc(C)s1. The number of aliphatic hydroxyl groups is 1. The van der Waals surface area contributed by atoms with Gasteiger partial charge in [0.05, 0.1) is 6.61 Å². The van der Waals surface area contributed by atoms with Gasteiger partial charge in [0.2, 0.25) is 5.91 Å². The van der Waals surface area contributed by atoms with Gasteiger partial charge in [-0.25, -0.2) is 0 Å². The smallest absolute Gasteiger partial charge is 0.246 e. The van der Waals surface area contributed by atoms with E-state index in [0.717, 1.165) is 17.7 Å². The first-order valence-corrected chi connectivity index (χ1v) is 7.60. The van der Waals surface area contributed by atoms with Crippen LogP contribution < -0.4 is 0 Å². The third-order valence-corrected chi connectivity index (χ3v) is 4.12. The Labute approximate surface area is 119 Å². The summed E-state index contributed by atoms with van der Waals surface area (Å²) in [4.78, 5) is 16.3. The van der Waals surface area contributed by atoms with E-state index in [2.05, 4.69) is 13.8 Å². The molecule has 19 heavy (non-hydrogen) atoms. The lowest BCUT2D eigenvalue weighted by Gasteiger charge is -2.28. The van der Waals surface area contributed by atoms with Gasteiger partial charge >= 0.3 is 0 Å². The number of thiophene rings is 1. The number of carbonyl (C=O) groups is 1. The maximum atomic E-state index is 12.2. The highest BCUT2D eigenvalue weighted by molar-refractivity contribution is 7.12. The first kappa shape index (κ1) is 15.9. The normalized spacial score (nSPS) is 11.4. The van der Waals surface area contributed by atoms with E-state index in [1.54, 1.807) is 22.3 Å². The summed E-state index contributed by atoms with van der Waals surface area (Å²) in [5.74, 6) is -0.0196. The van der Waals surface area contributed by atoms with Crippen molar-refractivity contribution in [2.75, 3.05) is 13.2 Å². The summed E-state index contributed by atoms with van der Waals surface area (Å²) in [7, 11) is 0. The molecule has 0 saturated heterocycles. The molecule has 1 rings (SSSR count). The standard InChI is InChI=1S/C15H23NO2S/c1-4-13(5-2)16(10-11-17)15(18)9-8-14-7-6-12(3)19-14/h6-9,13,17H,4-5,10-11H2,1-3H3/b9-8+. The molecule has 0 spiro atoms. The maximum absolute atomic E-state index is 12.2. The monoisotopic (exact) mass is 281 g/mol. The second-order valence-electron chi connectivity index (χ2n) is 4.51. The minimum atomic E-state index is -0.0196. The molecule has 1 heterocycles. The molecule has 0 radical (unpaired) electrons. The fourth-order valence-corrected chi connectivity index (χ4v) is 2.88. The highest BCUT2D eigenvalue weighted by Gasteiger charge is 2.18. The van der Waals surface area contributed by atoms with E-state index >= 15 is 0 Å². The molecule has 1 aromatic heterocycles. The number of aryl methyl sites for hydroxylation is 1. The molecular formula is C15H23NO2S. The predicted octanol–water partition coefficient (Wildman–Crippen LogP) is 3.08. The minimum Gasteiger partial charge on any atom is -0.395 e. The van der Waals surface area contributed by atoms with Gasteiger partial charge in [-0.15, -0.1) is 11.3 Å². The van der Waals surface area contributed by atoms with Crippen LogP contribution in [-0.4, -0.2) is 35.1 Å². The van der Waals surface area contributed by atoms with Crippen LogP contribution in [0.4, 0.5) is 0 Å². The zero-order valence-corrected chi connectivity index (χ0v) is 12.7. The van der Waals surface area contributed by atoms with Gasteiger partial charge in [0.1, 0.15) is 0 Å². The van der Waals surface area contributed by atoms with Crippen LogP contribution in [0.3, 0.4) is 0 Å². The molecule has 1 N–H and O–H groups in total. The van der Waals surface area contributed by atoms with Crippen LogP contribution in [0.5, 0.6) is 0 Å². The van der Waals surface area contributed by atoms with Crippen molar-refractivity contribution < 1.29 is 9.90 Å². The predicted molar refractivity (Wildman–Crippen MR) is 81.3 cm³/mol. The van der Waals surface area contributed by atoms with Crippen molar-refractivity contribution in [1.29, 1.82) is 0 Å². The Balaban J connectivity index is 2.73. The van der Waals surface area contributed by atoms with E-state index in [0.29, 0.717) is 6.54 Å². The maximum Gasteiger partial charge on any atom is 0.246 e. The van der Waals surface area contributed by atoms with Gasteiger partial charge in [-0.2, -0.15) is 0 Å². The molecule has 106 valence electrons. The summed E-state index contributed by atoms with van der Waals surface area (Å²) in [5.41, 5.74) is 0. The lowest BCUT2D eigenvalue weighted by atomic mass is 10.1. The van der Waals surface area contributed by atoms with Crippen molar-refractivity contribution in [2.24, 2.45) is 0 Å². The van der Waals surface area contributed by atoms with Crippen LogP contribution in [-0.2, 0) is 4.79 Å². The molecule has 0 aliphatic heterocycles. The summed E-state index contributed by atoms with van der Waals surface area (Å²) >= 11 is 1.67. The quantitative estimate of drug-likeness (QED) is 0.780. The molecule has 0 saturated carbocycles. The lowest BCUT2D eigenvalue weighted by molar-refractivity contribution is -0.128. The van der Waals surface area contributed by atoms with Gasteiger partial charge in [0.15, 0.2) is 0 Å². The van der Waals surface area contributed by atoms with E-state index in [9.17, 15) is 4.79 Å². The highest BCUT2D eigenvalue weighted by Crippen LogP contribution is 2.17. The fourth-order valence-electron chi connectivity index (χ4n) is 2.10. The number of amides is 1. The molecule has 0 aromatic carbocycles. The van der Waals surface area contributed by atoms with Crippen molar-refractivity contribution in [3.05, 3.63) is 28.0 Å². The number of rotatable bonds is 7. The first-order valence-electron chi connectivity index (χ1n) is 6.78. The number of hydrogen-bond donors (Lipinski definition) is 1. The average Bonchev–Trinajstić information content (AvgIpc) is 2.82. The number of nitrogens with zero attached hydrogens (tertiary/aromatic N) is 1. The summed E-state index contributed by atoms with van der Waals surface area (Å²) in [6.07, 6.45) is 5.29. The number of carbonyl (C=O) groups excluding carboxylic acids is 1. The summed E-state index contributed by atoms with van der Waals surface area (Å²) in [6.45, 7) is 6.59. The lowest BCUT2D eigenvalue weighted by Crippen LogP contribution is -2.40. The van der Waals surface area contributed by atoms with Crippen LogP contribution in [0.15, 0.2) is 18.2 Å².